The van der Waals surface area contributed by atoms with Gasteiger partial charge in [-0.05, 0) is 30.8 Å². The lowest BCUT2D eigenvalue weighted by Gasteiger charge is -2.09. The second-order valence-electron chi connectivity index (χ2n) is 3.09. The van der Waals surface area contributed by atoms with Crippen LogP contribution in [0, 0.1) is 6.92 Å². The molecule has 0 atom stereocenters. The van der Waals surface area contributed by atoms with Gasteiger partial charge >= 0.3 is 0 Å². The average Bonchev–Trinajstić information content (AvgIpc) is 2.25. The number of ether oxygens (including phenoxy) is 1. The van der Waals surface area contributed by atoms with Crippen LogP contribution in [-0.4, -0.2) is 17.6 Å². The van der Waals surface area contributed by atoms with Gasteiger partial charge in [0, 0.05) is 0 Å². The molecule has 0 aliphatic carbocycles. The van der Waals surface area contributed by atoms with Crippen molar-refractivity contribution in [3.8, 4) is 5.75 Å². The lowest BCUT2D eigenvalue weighted by molar-refractivity contribution is -0.123. The fourth-order valence-electron chi connectivity index (χ4n) is 1.03. The fraction of sp³-hybridized carbons (Fsp3) is 0.200. The standard InChI is InChI=1S/C10H13N3O2S/c1-7-4-2-3-5-8(7)15-6-9(14)12-13-10(11)16/h2-5H,6H2,1H3,(H,12,14)(H3,11,13,16). The molecule has 1 aromatic rings. The minimum absolute atomic E-state index is 0.00393. The second-order valence-corrected chi connectivity index (χ2v) is 3.53. The molecule has 0 unspecified atom stereocenters. The zero-order chi connectivity index (χ0) is 12.0. The molecule has 86 valence electrons. The van der Waals surface area contributed by atoms with E-state index < -0.39 is 0 Å². The average molecular weight is 239 g/mol. The Morgan fingerprint density at radius 1 is 1.44 bits per heavy atom. The number of amides is 1. The molecule has 0 aliphatic rings. The van der Waals surface area contributed by atoms with Gasteiger partial charge in [0.1, 0.15) is 5.75 Å². The summed E-state index contributed by atoms with van der Waals surface area (Å²) in [6, 6.07) is 7.44. The number of carbonyl (C=O) groups is 1. The molecule has 0 saturated heterocycles. The number of hydrogen-bond donors (Lipinski definition) is 3. The van der Waals surface area contributed by atoms with Gasteiger partial charge in [0.15, 0.2) is 11.7 Å². The van der Waals surface area contributed by atoms with Crippen LogP contribution < -0.4 is 21.3 Å². The fourth-order valence-corrected chi connectivity index (χ4v) is 1.08. The molecule has 0 spiro atoms. The molecule has 1 aromatic carbocycles. The van der Waals surface area contributed by atoms with Crippen molar-refractivity contribution in [2.45, 2.75) is 6.92 Å². The van der Waals surface area contributed by atoms with E-state index in [1.165, 1.54) is 0 Å². The Morgan fingerprint density at radius 2 is 2.12 bits per heavy atom. The Hall–Kier alpha value is -1.82. The van der Waals surface area contributed by atoms with Crippen molar-refractivity contribution in [3.63, 3.8) is 0 Å². The molecule has 0 saturated carbocycles. The van der Waals surface area contributed by atoms with Crippen LogP contribution in [0.4, 0.5) is 0 Å². The molecule has 0 aliphatic heterocycles. The summed E-state index contributed by atoms with van der Waals surface area (Å²) in [4.78, 5) is 11.2. The van der Waals surface area contributed by atoms with Crippen molar-refractivity contribution in [3.05, 3.63) is 29.8 Å². The zero-order valence-corrected chi connectivity index (χ0v) is 9.64. The number of nitrogens with two attached hydrogens (primary N) is 1. The number of hydrogen-bond acceptors (Lipinski definition) is 3. The summed E-state index contributed by atoms with van der Waals surface area (Å²) in [5, 5.41) is 0.00393. The van der Waals surface area contributed by atoms with Crippen molar-refractivity contribution < 1.29 is 9.53 Å². The molecule has 0 radical (unpaired) electrons. The molecule has 0 aromatic heterocycles. The van der Waals surface area contributed by atoms with Gasteiger partial charge in [0.2, 0.25) is 0 Å². The van der Waals surface area contributed by atoms with Gasteiger partial charge in [-0.2, -0.15) is 0 Å². The number of para-hydroxylation sites is 1. The van der Waals surface area contributed by atoms with Gasteiger partial charge in [0.25, 0.3) is 5.91 Å². The van der Waals surface area contributed by atoms with Gasteiger partial charge in [-0.15, -0.1) is 0 Å². The first-order chi connectivity index (χ1) is 7.59. The third kappa shape index (κ3) is 4.14. The minimum Gasteiger partial charge on any atom is -0.483 e. The molecule has 5 nitrogen and oxygen atoms in total. The summed E-state index contributed by atoms with van der Waals surface area (Å²) in [5.41, 5.74) is 10.7. The van der Waals surface area contributed by atoms with Crippen molar-refractivity contribution in [1.29, 1.82) is 0 Å². The maximum Gasteiger partial charge on any atom is 0.276 e. The van der Waals surface area contributed by atoms with Gasteiger partial charge in [-0.1, -0.05) is 18.2 Å². The quantitative estimate of drug-likeness (QED) is 0.520. The number of rotatable bonds is 3. The summed E-state index contributed by atoms with van der Waals surface area (Å²) in [6.07, 6.45) is 0. The van der Waals surface area contributed by atoms with Crippen LogP contribution in [0.15, 0.2) is 24.3 Å². The Morgan fingerprint density at radius 3 is 2.75 bits per heavy atom. The molecule has 0 fully saturated rings. The van der Waals surface area contributed by atoms with Crippen molar-refractivity contribution in [2.24, 2.45) is 5.73 Å². The van der Waals surface area contributed by atoms with Crippen LogP contribution in [0.1, 0.15) is 5.56 Å². The summed E-state index contributed by atoms with van der Waals surface area (Å²) < 4.78 is 5.29. The van der Waals surface area contributed by atoms with Crippen LogP contribution in [0.3, 0.4) is 0 Å². The molecule has 0 bridgehead atoms. The number of aryl methyl sites for hydroxylation is 1. The predicted octanol–water partition coefficient (Wildman–Crippen LogP) is 0.238. The highest BCUT2D eigenvalue weighted by Crippen LogP contribution is 2.15. The monoisotopic (exact) mass is 239 g/mol. The molecule has 16 heavy (non-hydrogen) atoms. The van der Waals surface area contributed by atoms with Crippen LogP contribution in [0.5, 0.6) is 5.75 Å². The SMILES string of the molecule is Cc1ccccc1OCC(=O)NNC(N)=S. The highest BCUT2D eigenvalue weighted by Gasteiger charge is 2.03. The van der Waals surface area contributed by atoms with E-state index in [1.54, 1.807) is 6.07 Å². The van der Waals surface area contributed by atoms with Gasteiger partial charge in [-0.3, -0.25) is 15.6 Å². The molecule has 1 rings (SSSR count). The van der Waals surface area contributed by atoms with Crippen LogP contribution in [-0.2, 0) is 4.79 Å². The van der Waals surface area contributed by atoms with E-state index in [1.807, 2.05) is 25.1 Å². The molecule has 4 N–H and O–H groups in total. The largest absolute Gasteiger partial charge is 0.483 e. The van der Waals surface area contributed by atoms with Crippen LogP contribution >= 0.6 is 12.2 Å². The Bertz CT molecular complexity index is 395. The maximum atomic E-state index is 11.2. The number of thiocarbonyl (C=S) groups is 1. The number of nitrogens with one attached hydrogen (secondary N) is 2. The van der Waals surface area contributed by atoms with Gasteiger partial charge in [-0.25, -0.2) is 0 Å². The molecular formula is C10H13N3O2S. The van der Waals surface area contributed by atoms with E-state index in [-0.39, 0.29) is 17.6 Å². The van der Waals surface area contributed by atoms with Gasteiger partial charge in [0.05, 0.1) is 0 Å². The lowest BCUT2D eigenvalue weighted by atomic mass is 10.2. The Balaban J connectivity index is 2.37. The van der Waals surface area contributed by atoms with E-state index in [4.69, 9.17) is 10.5 Å². The summed E-state index contributed by atoms with van der Waals surface area (Å²) in [6.45, 7) is 1.81. The third-order valence-electron chi connectivity index (χ3n) is 1.78. The normalized spacial score (nSPS) is 9.31. The first-order valence-corrected chi connectivity index (χ1v) is 5.03. The topological polar surface area (TPSA) is 76.4 Å². The van der Waals surface area contributed by atoms with Gasteiger partial charge < -0.3 is 10.5 Å². The lowest BCUT2D eigenvalue weighted by Crippen LogP contribution is -2.46. The van der Waals surface area contributed by atoms with E-state index in [2.05, 4.69) is 23.1 Å². The van der Waals surface area contributed by atoms with E-state index in [0.717, 1.165) is 5.56 Å². The number of carbonyl (C=O) groups excluding carboxylic acids is 1. The molecule has 6 heteroatoms. The smallest absolute Gasteiger partial charge is 0.276 e. The zero-order valence-electron chi connectivity index (χ0n) is 8.82. The van der Waals surface area contributed by atoms with Crippen molar-refractivity contribution in [1.82, 2.24) is 10.9 Å². The third-order valence-corrected chi connectivity index (χ3v) is 1.88. The minimum atomic E-state index is -0.351. The second kappa shape index (κ2) is 5.92. The first-order valence-electron chi connectivity index (χ1n) is 4.62. The predicted molar refractivity (Wildman–Crippen MR) is 64.7 cm³/mol. The summed E-state index contributed by atoms with van der Waals surface area (Å²) in [7, 11) is 0. The number of hydrazine groups is 1. The molecule has 1 amide bonds. The van der Waals surface area contributed by atoms with E-state index >= 15 is 0 Å². The first kappa shape index (κ1) is 12.3. The Kier molecular flexibility index (Phi) is 4.53. The molecule has 0 heterocycles. The highest BCUT2D eigenvalue weighted by atomic mass is 32.1. The van der Waals surface area contributed by atoms with Crippen LogP contribution in [0.25, 0.3) is 0 Å². The maximum absolute atomic E-state index is 11.2. The Labute approximate surface area is 98.9 Å². The highest BCUT2D eigenvalue weighted by molar-refractivity contribution is 7.80. The van der Waals surface area contributed by atoms with E-state index in [9.17, 15) is 4.79 Å². The van der Waals surface area contributed by atoms with Crippen LogP contribution in [0.2, 0.25) is 0 Å². The summed E-state index contributed by atoms with van der Waals surface area (Å²) >= 11 is 4.52. The van der Waals surface area contributed by atoms with E-state index in [0.29, 0.717) is 5.75 Å². The molecular weight excluding hydrogens is 226 g/mol. The van der Waals surface area contributed by atoms with Crippen molar-refractivity contribution in [2.75, 3.05) is 6.61 Å². The summed E-state index contributed by atoms with van der Waals surface area (Å²) in [5.74, 6) is 0.323. The number of benzene rings is 1. The van der Waals surface area contributed by atoms with Crippen molar-refractivity contribution >= 4 is 23.2 Å².